The number of nitrogens with one attached hydrogen (secondary N) is 1. The van der Waals surface area contributed by atoms with E-state index in [9.17, 15) is 0 Å². The molecule has 0 unspecified atom stereocenters. The van der Waals surface area contributed by atoms with Crippen LogP contribution in [-0.2, 0) is 12.8 Å². The summed E-state index contributed by atoms with van der Waals surface area (Å²) in [6, 6.07) is 2.16. The van der Waals surface area contributed by atoms with Crippen LogP contribution in [0.5, 0.6) is 0 Å². The summed E-state index contributed by atoms with van der Waals surface area (Å²) in [7, 11) is 0. The Bertz CT molecular complexity index is 203. The Morgan fingerprint density at radius 1 is 1.45 bits per heavy atom. The number of aryl methyl sites for hydroxylation is 2. The quantitative estimate of drug-likeness (QED) is 0.704. The smallest absolute Gasteiger partial charge is 0.0622 e. The molecule has 0 aliphatic carbocycles. The molecule has 0 aliphatic rings. The summed E-state index contributed by atoms with van der Waals surface area (Å²) in [5.74, 6) is 0. The summed E-state index contributed by atoms with van der Waals surface area (Å²) in [5.41, 5.74) is 2.46. The highest BCUT2D eigenvalue weighted by Gasteiger charge is 1.96. The van der Waals surface area contributed by atoms with Crippen LogP contribution >= 0.6 is 0 Å². The van der Waals surface area contributed by atoms with Gasteiger partial charge in [0.15, 0.2) is 0 Å². The van der Waals surface area contributed by atoms with Gasteiger partial charge in [-0.25, -0.2) is 0 Å². The van der Waals surface area contributed by atoms with Crippen LogP contribution < -0.4 is 0 Å². The highest BCUT2D eigenvalue weighted by atomic mass is 15.1. The Kier molecular flexibility index (Phi) is 3.14. The molecule has 1 N–H and O–H groups in total. The molecular formula is C9H16N2. The molecule has 0 radical (unpaired) electrons. The first-order valence-electron chi connectivity index (χ1n) is 4.40. The maximum absolute atomic E-state index is 4.16. The van der Waals surface area contributed by atoms with E-state index in [4.69, 9.17) is 0 Å². The molecule has 0 bridgehead atoms. The van der Waals surface area contributed by atoms with Gasteiger partial charge in [-0.3, -0.25) is 5.10 Å². The van der Waals surface area contributed by atoms with Crippen LogP contribution in [0.3, 0.4) is 0 Å². The van der Waals surface area contributed by atoms with Crippen LogP contribution in [-0.4, -0.2) is 10.2 Å². The number of hydrogen-bond acceptors (Lipinski definition) is 1. The van der Waals surface area contributed by atoms with Crippen LogP contribution in [0.1, 0.15) is 38.1 Å². The summed E-state index contributed by atoms with van der Waals surface area (Å²) in [6.45, 7) is 4.33. The number of rotatable bonds is 4. The van der Waals surface area contributed by atoms with Crippen molar-refractivity contribution in [3.8, 4) is 0 Å². The van der Waals surface area contributed by atoms with Gasteiger partial charge < -0.3 is 0 Å². The number of H-pyrrole nitrogens is 1. The van der Waals surface area contributed by atoms with E-state index in [1.807, 2.05) is 0 Å². The fourth-order valence-corrected chi connectivity index (χ4v) is 1.09. The van der Waals surface area contributed by atoms with Crippen molar-refractivity contribution in [3.05, 3.63) is 17.5 Å². The minimum absolute atomic E-state index is 1.03. The summed E-state index contributed by atoms with van der Waals surface area (Å²) in [4.78, 5) is 0. The Morgan fingerprint density at radius 3 is 2.82 bits per heavy atom. The van der Waals surface area contributed by atoms with E-state index in [0.717, 1.165) is 12.8 Å². The molecule has 0 aliphatic heterocycles. The van der Waals surface area contributed by atoms with Gasteiger partial charge in [-0.05, 0) is 25.3 Å². The minimum Gasteiger partial charge on any atom is -0.282 e. The van der Waals surface area contributed by atoms with E-state index in [0.29, 0.717) is 0 Å². The third-order valence-electron chi connectivity index (χ3n) is 1.85. The number of aromatic nitrogens is 2. The van der Waals surface area contributed by atoms with E-state index < -0.39 is 0 Å². The standard InChI is InChI=1S/C9H16N2/c1-3-5-6-9-7-8(4-2)10-11-9/h7H,3-6H2,1-2H3,(H,10,11). The molecule has 62 valence electrons. The van der Waals surface area contributed by atoms with E-state index in [2.05, 4.69) is 30.1 Å². The van der Waals surface area contributed by atoms with Crippen LogP contribution in [0, 0.1) is 0 Å². The predicted molar refractivity (Wildman–Crippen MR) is 46.6 cm³/mol. The largest absolute Gasteiger partial charge is 0.282 e. The van der Waals surface area contributed by atoms with Crippen molar-refractivity contribution < 1.29 is 0 Å². The zero-order valence-electron chi connectivity index (χ0n) is 7.35. The summed E-state index contributed by atoms with van der Waals surface area (Å²) in [6.07, 6.45) is 4.68. The molecule has 11 heavy (non-hydrogen) atoms. The van der Waals surface area contributed by atoms with Crippen molar-refractivity contribution >= 4 is 0 Å². The molecule has 0 saturated heterocycles. The second kappa shape index (κ2) is 4.16. The highest BCUT2D eigenvalue weighted by molar-refractivity contribution is 5.08. The monoisotopic (exact) mass is 152 g/mol. The van der Waals surface area contributed by atoms with Gasteiger partial charge >= 0.3 is 0 Å². The lowest BCUT2D eigenvalue weighted by atomic mass is 10.2. The topological polar surface area (TPSA) is 28.7 Å². The molecule has 2 nitrogen and oxygen atoms in total. The zero-order valence-corrected chi connectivity index (χ0v) is 7.35. The maximum atomic E-state index is 4.16. The van der Waals surface area contributed by atoms with Gasteiger partial charge in [0.2, 0.25) is 0 Å². The summed E-state index contributed by atoms with van der Waals surface area (Å²) >= 11 is 0. The fourth-order valence-electron chi connectivity index (χ4n) is 1.09. The number of unbranched alkanes of at least 4 members (excludes halogenated alkanes) is 1. The molecule has 0 fully saturated rings. The number of hydrogen-bond donors (Lipinski definition) is 1. The second-order valence-electron chi connectivity index (χ2n) is 2.84. The first kappa shape index (κ1) is 8.31. The van der Waals surface area contributed by atoms with E-state index >= 15 is 0 Å². The molecule has 0 spiro atoms. The van der Waals surface area contributed by atoms with Gasteiger partial charge in [0.1, 0.15) is 0 Å². The average molecular weight is 152 g/mol. The SMILES string of the molecule is CCCCc1cc(CC)n[nH]1. The Morgan fingerprint density at radius 2 is 2.27 bits per heavy atom. The van der Waals surface area contributed by atoms with Gasteiger partial charge in [-0.1, -0.05) is 20.3 Å². The molecule has 0 saturated carbocycles. The first-order chi connectivity index (χ1) is 5.36. The van der Waals surface area contributed by atoms with Crippen molar-refractivity contribution in [1.82, 2.24) is 10.2 Å². The Balaban J connectivity index is 2.44. The van der Waals surface area contributed by atoms with Crippen molar-refractivity contribution in [2.75, 3.05) is 0 Å². The fraction of sp³-hybridized carbons (Fsp3) is 0.667. The second-order valence-corrected chi connectivity index (χ2v) is 2.84. The van der Waals surface area contributed by atoms with E-state index in [1.54, 1.807) is 0 Å². The lowest BCUT2D eigenvalue weighted by molar-refractivity contribution is 0.771. The van der Waals surface area contributed by atoms with Crippen LogP contribution in [0.25, 0.3) is 0 Å². The summed E-state index contributed by atoms with van der Waals surface area (Å²) < 4.78 is 0. The molecule has 0 amide bonds. The molecule has 0 atom stereocenters. The Hall–Kier alpha value is -0.790. The van der Waals surface area contributed by atoms with Gasteiger partial charge in [0.25, 0.3) is 0 Å². The first-order valence-corrected chi connectivity index (χ1v) is 4.40. The maximum Gasteiger partial charge on any atom is 0.0622 e. The van der Waals surface area contributed by atoms with Crippen LogP contribution in [0.4, 0.5) is 0 Å². The minimum atomic E-state index is 1.03. The van der Waals surface area contributed by atoms with E-state index in [-0.39, 0.29) is 0 Å². The Labute approximate surface area is 68.0 Å². The molecule has 1 aromatic heterocycles. The van der Waals surface area contributed by atoms with Gasteiger partial charge in [0.05, 0.1) is 5.69 Å². The predicted octanol–water partition coefficient (Wildman–Crippen LogP) is 2.31. The van der Waals surface area contributed by atoms with Crippen molar-refractivity contribution in [1.29, 1.82) is 0 Å². The lowest BCUT2D eigenvalue weighted by Gasteiger charge is -1.90. The molecular weight excluding hydrogens is 136 g/mol. The van der Waals surface area contributed by atoms with E-state index in [1.165, 1.54) is 24.2 Å². The third kappa shape index (κ3) is 2.37. The average Bonchev–Trinajstić information content (AvgIpc) is 2.48. The zero-order chi connectivity index (χ0) is 8.10. The van der Waals surface area contributed by atoms with Crippen LogP contribution in [0.15, 0.2) is 6.07 Å². The molecule has 0 aromatic carbocycles. The number of nitrogens with zero attached hydrogens (tertiary/aromatic N) is 1. The summed E-state index contributed by atoms with van der Waals surface area (Å²) in [5, 5.41) is 7.20. The normalized spacial score (nSPS) is 10.4. The third-order valence-corrected chi connectivity index (χ3v) is 1.85. The van der Waals surface area contributed by atoms with Gasteiger partial charge in [0, 0.05) is 5.69 Å². The molecule has 1 heterocycles. The molecule has 2 heteroatoms. The molecule has 1 rings (SSSR count). The van der Waals surface area contributed by atoms with Crippen LogP contribution in [0.2, 0.25) is 0 Å². The van der Waals surface area contributed by atoms with Crippen molar-refractivity contribution in [2.24, 2.45) is 0 Å². The van der Waals surface area contributed by atoms with Crippen molar-refractivity contribution in [3.63, 3.8) is 0 Å². The lowest BCUT2D eigenvalue weighted by Crippen LogP contribution is -1.83. The highest BCUT2D eigenvalue weighted by Crippen LogP contribution is 2.04. The van der Waals surface area contributed by atoms with Gasteiger partial charge in [-0.2, -0.15) is 5.10 Å². The van der Waals surface area contributed by atoms with Gasteiger partial charge in [-0.15, -0.1) is 0 Å². The van der Waals surface area contributed by atoms with Crippen molar-refractivity contribution in [2.45, 2.75) is 39.5 Å². The number of aromatic amines is 1. The molecule has 1 aromatic rings.